The zero-order valence-corrected chi connectivity index (χ0v) is 14.8. The molecule has 6 heteroatoms. The van der Waals surface area contributed by atoms with Crippen LogP contribution < -0.4 is 4.90 Å². The molecule has 0 unspecified atom stereocenters. The molecule has 24 heavy (non-hydrogen) atoms. The van der Waals surface area contributed by atoms with Gasteiger partial charge in [-0.2, -0.15) is 0 Å². The van der Waals surface area contributed by atoms with Crippen LogP contribution in [0.15, 0.2) is 23.1 Å². The molecule has 1 aromatic carbocycles. The van der Waals surface area contributed by atoms with E-state index in [9.17, 15) is 13.2 Å². The van der Waals surface area contributed by atoms with E-state index in [2.05, 4.69) is 4.90 Å². The van der Waals surface area contributed by atoms with Crippen molar-refractivity contribution in [3.8, 4) is 0 Å². The number of nitrogens with zero attached hydrogens (tertiary/aromatic N) is 1. The van der Waals surface area contributed by atoms with Crippen LogP contribution in [0.25, 0.3) is 0 Å². The molecule has 0 aromatic heterocycles. The van der Waals surface area contributed by atoms with Gasteiger partial charge in [0.05, 0.1) is 18.1 Å². The molecule has 0 atom stereocenters. The summed E-state index contributed by atoms with van der Waals surface area (Å²) in [4.78, 5) is 14.5. The van der Waals surface area contributed by atoms with Crippen LogP contribution in [-0.4, -0.2) is 45.8 Å². The second-order valence-electron chi connectivity index (χ2n) is 7.43. The standard InChI is InChI=1S/C18H23NO4S/c1-13(20)16-3-2-14(24(21,22)15-11-23-12-15)10-17(16)19-8-6-18(4-5-18)7-9-19/h2-3,10,15H,4-9,11-12H2,1H3. The number of hydrogen-bond donors (Lipinski definition) is 0. The molecule has 1 aliphatic carbocycles. The molecule has 0 bridgehead atoms. The summed E-state index contributed by atoms with van der Waals surface area (Å²) < 4.78 is 30.4. The van der Waals surface area contributed by atoms with Crippen molar-refractivity contribution in [1.82, 2.24) is 0 Å². The fourth-order valence-corrected chi connectivity index (χ4v) is 5.20. The lowest BCUT2D eigenvalue weighted by Gasteiger charge is -2.35. The molecule has 5 nitrogen and oxygen atoms in total. The highest BCUT2D eigenvalue weighted by molar-refractivity contribution is 7.92. The number of hydrogen-bond acceptors (Lipinski definition) is 5. The molecular formula is C18H23NO4S. The molecule has 1 spiro atoms. The highest BCUT2D eigenvalue weighted by Crippen LogP contribution is 2.54. The summed E-state index contributed by atoms with van der Waals surface area (Å²) in [6.07, 6.45) is 4.91. The maximum absolute atomic E-state index is 12.7. The number of sulfone groups is 1. The minimum Gasteiger partial charge on any atom is -0.379 e. The van der Waals surface area contributed by atoms with Crippen LogP contribution in [0.3, 0.4) is 0 Å². The van der Waals surface area contributed by atoms with Crippen LogP contribution in [0.4, 0.5) is 5.69 Å². The van der Waals surface area contributed by atoms with E-state index in [0.717, 1.165) is 31.6 Å². The second-order valence-corrected chi connectivity index (χ2v) is 9.65. The van der Waals surface area contributed by atoms with Gasteiger partial charge in [0.25, 0.3) is 0 Å². The fraction of sp³-hybridized carbons (Fsp3) is 0.611. The third-order valence-corrected chi connectivity index (χ3v) is 7.91. The van der Waals surface area contributed by atoms with E-state index < -0.39 is 15.1 Å². The predicted octanol–water partition coefficient (Wildman–Crippen LogP) is 2.44. The average molecular weight is 349 g/mol. The van der Waals surface area contributed by atoms with E-state index >= 15 is 0 Å². The molecule has 1 aromatic rings. The Bertz CT molecular complexity index is 768. The Morgan fingerprint density at radius 2 is 1.83 bits per heavy atom. The Labute approximate surface area is 142 Å². The topological polar surface area (TPSA) is 63.7 Å². The van der Waals surface area contributed by atoms with E-state index in [1.54, 1.807) is 25.1 Å². The lowest BCUT2D eigenvalue weighted by molar-refractivity contribution is 0.0416. The zero-order valence-electron chi connectivity index (χ0n) is 14.0. The first-order valence-electron chi connectivity index (χ1n) is 8.63. The summed E-state index contributed by atoms with van der Waals surface area (Å²) in [6, 6.07) is 4.95. The van der Waals surface area contributed by atoms with Gasteiger partial charge in [0.1, 0.15) is 5.25 Å². The Morgan fingerprint density at radius 1 is 1.17 bits per heavy atom. The van der Waals surface area contributed by atoms with Crippen molar-refractivity contribution in [2.24, 2.45) is 5.41 Å². The van der Waals surface area contributed by atoms with Gasteiger partial charge in [-0.05, 0) is 56.2 Å². The molecule has 2 saturated heterocycles. The van der Waals surface area contributed by atoms with Gasteiger partial charge in [-0.15, -0.1) is 0 Å². The average Bonchev–Trinajstić information content (AvgIpc) is 3.24. The Hall–Kier alpha value is -1.40. The normalized spacial score (nSPS) is 23.1. The van der Waals surface area contributed by atoms with Gasteiger partial charge in [-0.1, -0.05) is 0 Å². The number of Topliss-reactive ketones (excluding diaryl/α,β-unsaturated/α-hetero) is 1. The van der Waals surface area contributed by atoms with Gasteiger partial charge in [0.15, 0.2) is 15.6 Å². The Morgan fingerprint density at radius 3 is 2.33 bits per heavy atom. The SMILES string of the molecule is CC(=O)c1ccc(S(=O)(=O)C2COC2)cc1N1CCC2(CC1)CC2. The number of carbonyl (C=O) groups excluding carboxylic acids is 1. The van der Waals surface area contributed by atoms with Crippen molar-refractivity contribution in [3.05, 3.63) is 23.8 Å². The van der Waals surface area contributed by atoms with E-state index in [-0.39, 0.29) is 19.0 Å². The quantitative estimate of drug-likeness (QED) is 0.781. The third-order valence-electron chi connectivity index (χ3n) is 5.85. The summed E-state index contributed by atoms with van der Waals surface area (Å²) >= 11 is 0. The molecule has 1 saturated carbocycles. The molecule has 3 fully saturated rings. The highest BCUT2D eigenvalue weighted by atomic mass is 32.2. The summed E-state index contributed by atoms with van der Waals surface area (Å²) in [5.74, 6) is -0.0207. The molecule has 130 valence electrons. The molecule has 3 aliphatic rings. The van der Waals surface area contributed by atoms with Crippen molar-refractivity contribution >= 4 is 21.3 Å². The number of rotatable bonds is 4. The van der Waals surface area contributed by atoms with Crippen LogP contribution in [0, 0.1) is 5.41 Å². The number of piperidine rings is 1. The number of ether oxygens (including phenoxy) is 1. The van der Waals surface area contributed by atoms with Crippen molar-refractivity contribution in [1.29, 1.82) is 0 Å². The zero-order chi connectivity index (χ0) is 16.9. The summed E-state index contributed by atoms with van der Waals surface area (Å²) in [5, 5.41) is -0.454. The number of anilines is 1. The third kappa shape index (κ3) is 2.65. The second kappa shape index (κ2) is 5.56. The first kappa shape index (κ1) is 16.1. The molecule has 0 N–H and O–H groups in total. The fourth-order valence-electron chi connectivity index (χ4n) is 3.73. The van der Waals surface area contributed by atoms with Gasteiger partial charge in [-0.25, -0.2) is 8.42 Å². The monoisotopic (exact) mass is 349 g/mol. The first-order valence-corrected chi connectivity index (χ1v) is 10.2. The number of ketones is 1. The number of carbonyl (C=O) groups is 1. The van der Waals surface area contributed by atoms with Crippen molar-refractivity contribution < 1.29 is 17.9 Å². The Balaban J connectivity index is 1.67. The van der Waals surface area contributed by atoms with Crippen LogP contribution in [0.2, 0.25) is 0 Å². The largest absolute Gasteiger partial charge is 0.379 e. The van der Waals surface area contributed by atoms with Crippen molar-refractivity contribution in [2.75, 3.05) is 31.2 Å². The maximum atomic E-state index is 12.7. The first-order chi connectivity index (χ1) is 11.4. The minimum absolute atomic E-state index is 0.0207. The molecule has 2 heterocycles. The van der Waals surface area contributed by atoms with Crippen LogP contribution in [0.5, 0.6) is 0 Å². The van der Waals surface area contributed by atoms with Gasteiger partial charge >= 0.3 is 0 Å². The Kier molecular flexibility index (Phi) is 3.73. The van der Waals surface area contributed by atoms with Crippen molar-refractivity contribution in [2.45, 2.75) is 42.8 Å². The van der Waals surface area contributed by atoms with Crippen LogP contribution in [-0.2, 0) is 14.6 Å². The summed E-state index contributed by atoms with van der Waals surface area (Å²) in [5.41, 5.74) is 1.93. The van der Waals surface area contributed by atoms with Gasteiger partial charge in [0, 0.05) is 24.3 Å². The number of benzene rings is 1. The highest BCUT2D eigenvalue weighted by Gasteiger charge is 2.44. The van der Waals surface area contributed by atoms with Gasteiger partial charge in [0.2, 0.25) is 0 Å². The van der Waals surface area contributed by atoms with Crippen LogP contribution in [0.1, 0.15) is 43.0 Å². The predicted molar refractivity (Wildman–Crippen MR) is 91.4 cm³/mol. The van der Waals surface area contributed by atoms with E-state index in [1.807, 2.05) is 0 Å². The van der Waals surface area contributed by atoms with Gasteiger partial charge < -0.3 is 9.64 Å². The molecular weight excluding hydrogens is 326 g/mol. The molecule has 0 radical (unpaired) electrons. The minimum atomic E-state index is -3.38. The molecule has 4 rings (SSSR count). The lowest BCUT2D eigenvalue weighted by atomic mass is 9.93. The van der Waals surface area contributed by atoms with E-state index in [1.165, 1.54) is 12.8 Å². The van der Waals surface area contributed by atoms with Crippen LogP contribution >= 0.6 is 0 Å². The smallest absolute Gasteiger partial charge is 0.185 e. The maximum Gasteiger partial charge on any atom is 0.185 e. The van der Waals surface area contributed by atoms with Gasteiger partial charge in [-0.3, -0.25) is 4.79 Å². The van der Waals surface area contributed by atoms with E-state index in [4.69, 9.17) is 4.74 Å². The summed E-state index contributed by atoms with van der Waals surface area (Å²) in [6.45, 7) is 3.86. The molecule has 0 amide bonds. The lowest BCUT2D eigenvalue weighted by Crippen LogP contribution is -2.41. The van der Waals surface area contributed by atoms with E-state index in [0.29, 0.717) is 15.9 Å². The summed E-state index contributed by atoms with van der Waals surface area (Å²) in [7, 11) is -3.38. The molecule has 2 aliphatic heterocycles. The van der Waals surface area contributed by atoms with Crippen molar-refractivity contribution in [3.63, 3.8) is 0 Å².